The minimum Gasteiger partial charge on any atom is -0.494 e. The molecule has 0 fully saturated rings. The highest BCUT2D eigenvalue weighted by molar-refractivity contribution is 5.79. The monoisotopic (exact) mass is 545 g/mol. The van der Waals surface area contributed by atoms with Gasteiger partial charge in [-0.2, -0.15) is 0 Å². The van der Waals surface area contributed by atoms with Crippen LogP contribution < -0.4 is 10.1 Å². The summed E-state index contributed by atoms with van der Waals surface area (Å²) in [6, 6.07) is 33.2. The number of nitrogens with one attached hydrogen (secondary N) is 1. The average Bonchev–Trinajstić information content (AvgIpc) is 3.33. The Bertz CT molecular complexity index is 1550. The van der Waals surface area contributed by atoms with E-state index in [0.29, 0.717) is 19.6 Å². The Balaban J connectivity index is 1.08. The first-order chi connectivity index (χ1) is 20.0. The lowest BCUT2D eigenvalue weighted by Gasteiger charge is -2.11. The fourth-order valence-electron chi connectivity index (χ4n) is 5.31. The SMILES string of the molecule is Cc1cc(C)cc(OCCCCn2c(CCCNC(=O)Cc3ccc(-c4ccccc4)cc3)nc3ccccc32)c1. The first-order valence-electron chi connectivity index (χ1n) is 14.6. The van der Waals surface area contributed by atoms with E-state index in [-0.39, 0.29) is 5.91 Å². The normalized spacial score (nSPS) is 11.1. The second-order valence-electron chi connectivity index (χ2n) is 10.7. The van der Waals surface area contributed by atoms with Gasteiger partial charge in [-0.05, 0) is 85.2 Å². The van der Waals surface area contributed by atoms with Crippen molar-refractivity contribution >= 4 is 16.9 Å². The lowest BCUT2D eigenvalue weighted by molar-refractivity contribution is -0.120. The van der Waals surface area contributed by atoms with Gasteiger partial charge in [0.1, 0.15) is 11.6 Å². The summed E-state index contributed by atoms with van der Waals surface area (Å²) in [4.78, 5) is 17.5. The molecule has 5 heteroatoms. The van der Waals surface area contributed by atoms with Crippen molar-refractivity contribution in [3.8, 4) is 16.9 Å². The number of imidazole rings is 1. The van der Waals surface area contributed by atoms with Crippen LogP contribution >= 0.6 is 0 Å². The molecule has 0 atom stereocenters. The highest BCUT2D eigenvalue weighted by Crippen LogP contribution is 2.21. The van der Waals surface area contributed by atoms with Gasteiger partial charge in [-0.3, -0.25) is 4.79 Å². The van der Waals surface area contributed by atoms with Crippen LogP contribution in [-0.4, -0.2) is 28.6 Å². The van der Waals surface area contributed by atoms with Gasteiger partial charge in [-0.1, -0.05) is 72.8 Å². The molecule has 5 nitrogen and oxygen atoms in total. The van der Waals surface area contributed by atoms with E-state index in [1.54, 1.807) is 0 Å². The largest absolute Gasteiger partial charge is 0.494 e. The first kappa shape index (κ1) is 28.2. The molecule has 0 saturated carbocycles. The Kier molecular flexibility index (Phi) is 9.48. The fourth-order valence-corrected chi connectivity index (χ4v) is 5.31. The molecule has 1 N–H and O–H groups in total. The molecule has 41 heavy (non-hydrogen) atoms. The summed E-state index contributed by atoms with van der Waals surface area (Å²) < 4.78 is 8.35. The smallest absolute Gasteiger partial charge is 0.224 e. The van der Waals surface area contributed by atoms with E-state index < -0.39 is 0 Å². The van der Waals surface area contributed by atoms with Crippen molar-refractivity contribution in [2.45, 2.75) is 52.5 Å². The number of unbranched alkanes of at least 4 members (excludes halogenated alkanes) is 1. The van der Waals surface area contributed by atoms with Crippen LogP contribution in [0.1, 0.15) is 41.8 Å². The maximum atomic E-state index is 12.6. The summed E-state index contributed by atoms with van der Waals surface area (Å²) in [5, 5.41) is 3.09. The molecule has 0 aliphatic carbocycles. The third-order valence-corrected chi connectivity index (χ3v) is 7.30. The number of rotatable bonds is 13. The van der Waals surface area contributed by atoms with Crippen LogP contribution in [0.5, 0.6) is 5.75 Å². The number of ether oxygens (including phenoxy) is 1. The van der Waals surface area contributed by atoms with Crippen LogP contribution in [0.4, 0.5) is 0 Å². The van der Waals surface area contributed by atoms with Gasteiger partial charge in [-0.15, -0.1) is 0 Å². The zero-order valence-electron chi connectivity index (χ0n) is 24.1. The van der Waals surface area contributed by atoms with Gasteiger partial charge < -0.3 is 14.6 Å². The van der Waals surface area contributed by atoms with Crippen molar-refractivity contribution in [1.29, 1.82) is 0 Å². The van der Waals surface area contributed by atoms with E-state index in [1.165, 1.54) is 22.2 Å². The minimum atomic E-state index is 0.0507. The number of hydrogen-bond donors (Lipinski definition) is 1. The maximum Gasteiger partial charge on any atom is 0.224 e. The molecule has 0 saturated heterocycles. The number of benzene rings is 4. The van der Waals surface area contributed by atoms with Crippen molar-refractivity contribution < 1.29 is 9.53 Å². The number of aryl methyl sites for hydroxylation is 4. The molecular weight excluding hydrogens is 506 g/mol. The van der Waals surface area contributed by atoms with Crippen molar-refractivity contribution in [3.05, 3.63) is 120 Å². The van der Waals surface area contributed by atoms with Crippen LogP contribution in [0.25, 0.3) is 22.2 Å². The summed E-state index contributed by atoms with van der Waals surface area (Å²) in [6.45, 7) is 6.43. The van der Waals surface area contributed by atoms with E-state index in [0.717, 1.165) is 60.4 Å². The van der Waals surface area contributed by atoms with E-state index in [9.17, 15) is 4.79 Å². The standard InChI is InChI=1S/C36H39N3O2/c1-27-23-28(2)25-32(24-27)41-22-9-8-21-39-34-14-7-6-13-33(34)38-35(39)15-10-20-37-36(40)26-29-16-18-31(19-17-29)30-11-4-3-5-12-30/h3-7,11-14,16-19,23-25H,8-10,15,20-22,26H2,1-2H3,(H,37,40). The number of carbonyl (C=O) groups excluding carboxylic acids is 1. The van der Waals surface area contributed by atoms with Crippen LogP contribution in [0.15, 0.2) is 97.1 Å². The second kappa shape index (κ2) is 13.8. The van der Waals surface area contributed by atoms with Crippen LogP contribution in [-0.2, 0) is 24.2 Å². The summed E-state index contributed by atoms with van der Waals surface area (Å²) in [7, 11) is 0. The average molecular weight is 546 g/mol. The van der Waals surface area contributed by atoms with Crippen LogP contribution in [0.2, 0.25) is 0 Å². The highest BCUT2D eigenvalue weighted by Gasteiger charge is 2.11. The molecule has 1 heterocycles. The van der Waals surface area contributed by atoms with Crippen LogP contribution in [0.3, 0.4) is 0 Å². The number of aromatic nitrogens is 2. The van der Waals surface area contributed by atoms with Crippen LogP contribution in [0, 0.1) is 13.8 Å². The van der Waals surface area contributed by atoms with Gasteiger partial charge in [0.15, 0.2) is 0 Å². The number of fused-ring (bicyclic) bond motifs is 1. The number of para-hydroxylation sites is 2. The number of hydrogen-bond acceptors (Lipinski definition) is 3. The first-order valence-corrected chi connectivity index (χ1v) is 14.6. The zero-order chi connectivity index (χ0) is 28.4. The molecular formula is C36H39N3O2. The van der Waals surface area contributed by atoms with Crippen molar-refractivity contribution in [1.82, 2.24) is 14.9 Å². The lowest BCUT2D eigenvalue weighted by Crippen LogP contribution is -2.26. The summed E-state index contributed by atoms with van der Waals surface area (Å²) in [5.41, 5.74) is 8.00. The quantitative estimate of drug-likeness (QED) is 0.156. The van der Waals surface area contributed by atoms with Gasteiger partial charge in [-0.25, -0.2) is 4.98 Å². The summed E-state index contributed by atoms with van der Waals surface area (Å²) >= 11 is 0. The molecule has 1 amide bonds. The zero-order valence-corrected chi connectivity index (χ0v) is 24.1. The Labute approximate surface area is 243 Å². The van der Waals surface area contributed by atoms with E-state index >= 15 is 0 Å². The summed E-state index contributed by atoms with van der Waals surface area (Å²) in [5.74, 6) is 2.07. The second-order valence-corrected chi connectivity index (χ2v) is 10.7. The van der Waals surface area contributed by atoms with Gasteiger partial charge >= 0.3 is 0 Å². The Morgan fingerprint density at radius 1 is 0.805 bits per heavy atom. The molecule has 0 unspecified atom stereocenters. The highest BCUT2D eigenvalue weighted by atomic mass is 16.5. The molecule has 5 aromatic rings. The topological polar surface area (TPSA) is 56.1 Å². The van der Waals surface area contributed by atoms with E-state index in [4.69, 9.17) is 9.72 Å². The fraction of sp³-hybridized carbons (Fsp3) is 0.278. The Morgan fingerprint density at radius 2 is 1.51 bits per heavy atom. The predicted octanol–water partition coefficient (Wildman–Crippen LogP) is 7.47. The summed E-state index contributed by atoms with van der Waals surface area (Å²) in [6.07, 6.45) is 4.04. The van der Waals surface area contributed by atoms with Crippen molar-refractivity contribution in [2.75, 3.05) is 13.2 Å². The molecule has 0 spiro atoms. The third-order valence-electron chi connectivity index (χ3n) is 7.30. The van der Waals surface area contributed by atoms with Crippen molar-refractivity contribution in [3.63, 3.8) is 0 Å². The molecule has 0 radical (unpaired) electrons. The lowest BCUT2D eigenvalue weighted by atomic mass is 10.0. The van der Waals surface area contributed by atoms with Gasteiger partial charge in [0.25, 0.3) is 0 Å². The maximum absolute atomic E-state index is 12.6. The Hall–Kier alpha value is -4.38. The molecule has 1 aromatic heterocycles. The molecule has 5 rings (SSSR count). The van der Waals surface area contributed by atoms with E-state index in [2.05, 4.69) is 84.4 Å². The Morgan fingerprint density at radius 3 is 2.29 bits per heavy atom. The van der Waals surface area contributed by atoms with Crippen molar-refractivity contribution in [2.24, 2.45) is 0 Å². The number of carbonyl (C=O) groups is 1. The minimum absolute atomic E-state index is 0.0507. The van der Waals surface area contributed by atoms with Gasteiger partial charge in [0.05, 0.1) is 24.1 Å². The molecule has 0 aliphatic heterocycles. The molecule has 4 aromatic carbocycles. The number of amides is 1. The van der Waals surface area contributed by atoms with E-state index in [1.807, 2.05) is 36.4 Å². The van der Waals surface area contributed by atoms with Gasteiger partial charge in [0.2, 0.25) is 5.91 Å². The van der Waals surface area contributed by atoms with Gasteiger partial charge in [0, 0.05) is 19.5 Å². The predicted molar refractivity (Wildman–Crippen MR) is 167 cm³/mol. The molecule has 0 aliphatic rings. The number of nitrogens with zero attached hydrogens (tertiary/aromatic N) is 2. The molecule has 210 valence electrons. The third kappa shape index (κ3) is 7.85. The molecule has 0 bridgehead atoms.